The van der Waals surface area contributed by atoms with Crippen molar-refractivity contribution < 1.29 is 4.39 Å². The van der Waals surface area contributed by atoms with Crippen LogP contribution in [0.3, 0.4) is 0 Å². The third-order valence-corrected chi connectivity index (χ3v) is 5.92. The zero-order valence-electron chi connectivity index (χ0n) is 10.0. The van der Waals surface area contributed by atoms with Gasteiger partial charge in [-0.25, -0.2) is 4.39 Å². The molecular formula is C13H11Br3FNS. The molecular weight excluding hydrogens is 461 g/mol. The summed E-state index contributed by atoms with van der Waals surface area (Å²) in [5.74, 6) is -0.245. The Bertz CT molecular complexity index is 585. The van der Waals surface area contributed by atoms with Crippen LogP contribution in [0.15, 0.2) is 36.3 Å². The highest BCUT2D eigenvalue weighted by Gasteiger charge is 2.21. The number of thiophene rings is 1. The zero-order valence-corrected chi connectivity index (χ0v) is 15.6. The zero-order chi connectivity index (χ0) is 14.0. The number of benzene rings is 1. The molecule has 102 valence electrons. The minimum absolute atomic E-state index is 0.0491. The van der Waals surface area contributed by atoms with Gasteiger partial charge in [0.05, 0.1) is 18.1 Å². The van der Waals surface area contributed by atoms with Crippen molar-refractivity contribution in [2.24, 2.45) is 0 Å². The van der Waals surface area contributed by atoms with E-state index in [9.17, 15) is 4.39 Å². The van der Waals surface area contributed by atoms with E-state index in [2.05, 4.69) is 59.2 Å². The molecule has 19 heavy (non-hydrogen) atoms. The standard InChI is InChI=1S/C13H11Br3FNS/c1-2-18-12(8-6-10(14)19-13(8)16)7-4-3-5-9(17)11(7)15/h3-6,12,18H,2H2,1H3. The highest BCUT2D eigenvalue weighted by atomic mass is 79.9. The molecule has 0 radical (unpaired) electrons. The third kappa shape index (κ3) is 3.47. The molecule has 1 aromatic carbocycles. The van der Waals surface area contributed by atoms with Gasteiger partial charge in [0.25, 0.3) is 0 Å². The lowest BCUT2D eigenvalue weighted by molar-refractivity contribution is 0.595. The third-order valence-electron chi connectivity index (χ3n) is 2.69. The lowest BCUT2D eigenvalue weighted by Gasteiger charge is -2.19. The minimum Gasteiger partial charge on any atom is -0.306 e. The largest absolute Gasteiger partial charge is 0.306 e. The van der Waals surface area contributed by atoms with Crippen molar-refractivity contribution in [1.29, 1.82) is 0 Å². The van der Waals surface area contributed by atoms with Crippen LogP contribution in [0.1, 0.15) is 24.1 Å². The fourth-order valence-corrected chi connectivity index (χ4v) is 5.28. The maximum Gasteiger partial charge on any atom is 0.137 e. The predicted molar refractivity (Wildman–Crippen MR) is 89.3 cm³/mol. The van der Waals surface area contributed by atoms with Crippen LogP contribution in [0.4, 0.5) is 4.39 Å². The van der Waals surface area contributed by atoms with Crippen LogP contribution in [0.2, 0.25) is 0 Å². The van der Waals surface area contributed by atoms with Crippen molar-refractivity contribution in [2.45, 2.75) is 13.0 Å². The molecule has 0 bridgehead atoms. The van der Waals surface area contributed by atoms with Gasteiger partial charge >= 0.3 is 0 Å². The molecule has 0 amide bonds. The summed E-state index contributed by atoms with van der Waals surface area (Å²) >= 11 is 12.0. The molecule has 6 heteroatoms. The van der Waals surface area contributed by atoms with Gasteiger partial charge in [0.2, 0.25) is 0 Å². The van der Waals surface area contributed by atoms with Crippen LogP contribution in [0.5, 0.6) is 0 Å². The summed E-state index contributed by atoms with van der Waals surface area (Å²) in [5, 5.41) is 3.40. The second kappa shape index (κ2) is 6.80. The van der Waals surface area contributed by atoms with Crippen molar-refractivity contribution in [3.8, 4) is 0 Å². The van der Waals surface area contributed by atoms with Crippen molar-refractivity contribution >= 4 is 59.1 Å². The molecule has 0 aliphatic heterocycles. The Labute approximate surface area is 141 Å². The van der Waals surface area contributed by atoms with E-state index in [1.807, 2.05) is 13.0 Å². The van der Waals surface area contributed by atoms with Gasteiger partial charge in [0, 0.05) is 0 Å². The molecule has 0 spiro atoms. The van der Waals surface area contributed by atoms with Gasteiger partial charge in [-0.2, -0.15) is 0 Å². The highest BCUT2D eigenvalue weighted by molar-refractivity contribution is 9.12. The summed E-state index contributed by atoms with van der Waals surface area (Å²) in [4.78, 5) is 0. The van der Waals surface area contributed by atoms with E-state index in [0.717, 1.165) is 25.2 Å². The second-order valence-corrected chi connectivity index (χ2v) is 8.46. The summed E-state index contributed by atoms with van der Waals surface area (Å²) in [6.07, 6.45) is 0. The Morgan fingerprint density at radius 2 is 2.00 bits per heavy atom. The first-order valence-corrected chi connectivity index (χ1v) is 8.86. The van der Waals surface area contributed by atoms with Crippen molar-refractivity contribution in [1.82, 2.24) is 5.32 Å². The fourth-order valence-electron chi connectivity index (χ4n) is 1.88. The summed E-state index contributed by atoms with van der Waals surface area (Å²) in [6.45, 7) is 2.84. The Morgan fingerprint density at radius 1 is 1.26 bits per heavy atom. The van der Waals surface area contributed by atoms with E-state index in [1.165, 1.54) is 6.07 Å². The molecule has 2 rings (SSSR count). The van der Waals surface area contributed by atoms with Crippen molar-refractivity contribution in [3.05, 3.63) is 53.3 Å². The van der Waals surface area contributed by atoms with E-state index in [0.29, 0.717) is 4.47 Å². The Morgan fingerprint density at radius 3 is 2.58 bits per heavy atom. The highest BCUT2D eigenvalue weighted by Crippen LogP contribution is 2.39. The summed E-state index contributed by atoms with van der Waals surface area (Å²) in [6, 6.07) is 7.12. The van der Waals surface area contributed by atoms with Gasteiger partial charge in [0.15, 0.2) is 0 Å². The summed E-state index contributed by atoms with van der Waals surface area (Å²) in [5.41, 5.74) is 2.00. The molecule has 2 aromatic rings. The van der Waals surface area contributed by atoms with Gasteiger partial charge < -0.3 is 5.32 Å². The van der Waals surface area contributed by atoms with Crippen LogP contribution in [-0.2, 0) is 0 Å². The maximum atomic E-state index is 13.7. The first-order valence-electron chi connectivity index (χ1n) is 5.66. The molecule has 0 saturated carbocycles. The number of hydrogen-bond donors (Lipinski definition) is 1. The summed E-state index contributed by atoms with van der Waals surface area (Å²) < 4.78 is 16.3. The number of halogens is 4. The maximum absolute atomic E-state index is 13.7. The second-order valence-electron chi connectivity index (χ2n) is 3.91. The molecule has 0 aliphatic rings. The molecule has 1 atom stereocenters. The molecule has 1 aromatic heterocycles. The quantitative estimate of drug-likeness (QED) is 0.587. The smallest absolute Gasteiger partial charge is 0.137 e. The topological polar surface area (TPSA) is 12.0 Å². The lowest BCUT2D eigenvalue weighted by Crippen LogP contribution is -2.22. The van der Waals surface area contributed by atoms with E-state index in [1.54, 1.807) is 17.4 Å². The van der Waals surface area contributed by atoms with Crippen molar-refractivity contribution in [3.63, 3.8) is 0 Å². The molecule has 1 unspecified atom stereocenters. The van der Waals surface area contributed by atoms with E-state index in [4.69, 9.17) is 0 Å². The van der Waals surface area contributed by atoms with Crippen LogP contribution >= 0.6 is 59.1 Å². The van der Waals surface area contributed by atoms with E-state index < -0.39 is 0 Å². The molecule has 0 fully saturated rings. The minimum atomic E-state index is -0.245. The van der Waals surface area contributed by atoms with Crippen molar-refractivity contribution in [2.75, 3.05) is 6.54 Å². The average Bonchev–Trinajstić information content (AvgIpc) is 2.69. The molecule has 1 heterocycles. The predicted octanol–water partition coefficient (Wildman–Crippen LogP) is 5.87. The Hall–Kier alpha value is 0.250. The Kier molecular flexibility index (Phi) is 5.60. The van der Waals surface area contributed by atoms with Gasteiger partial charge in [0.1, 0.15) is 5.82 Å². The Balaban J connectivity index is 2.51. The van der Waals surface area contributed by atoms with Gasteiger partial charge in [-0.15, -0.1) is 11.3 Å². The van der Waals surface area contributed by atoms with Gasteiger partial charge in [-0.05, 0) is 77.6 Å². The normalized spacial score (nSPS) is 12.7. The first kappa shape index (κ1) is 15.6. The molecule has 1 nitrogen and oxygen atoms in total. The number of hydrogen-bond acceptors (Lipinski definition) is 2. The molecule has 1 N–H and O–H groups in total. The first-order chi connectivity index (χ1) is 9.04. The number of rotatable bonds is 4. The van der Waals surface area contributed by atoms with Gasteiger partial charge in [-0.3, -0.25) is 0 Å². The number of nitrogens with one attached hydrogen (secondary N) is 1. The fraction of sp³-hybridized carbons (Fsp3) is 0.231. The van der Waals surface area contributed by atoms with Crippen LogP contribution in [-0.4, -0.2) is 6.54 Å². The van der Waals surface area contributed by atoms with E-state index in [-0.39, 0.29) is 11.9 Å². The van der Waals surface area contributed by atoms with E-state index >= 15 is 0 Å². The summed E-state index contributed by atoms with van der Waals surface area (Å²) in [7, 11) is 0. The molecule has 0 aliphatic carbocycles. The van der Waals surface area contributed by atoms with Crippen LogP contribution in [0, 0.1) is 5.82 Å². The molecule has 0 saturated heterocycles. The SMILES string of the molecule is CCNC(c1cc(Br)sc1Br)c1cccc(F)c1Br. The lowest BCUT2D eigenvalue weighted by atomic mass is 10.0. The van der Waals surface area contributed by atoms with Gasteiger partial charge in [-0.1, -0.05) is 19.1 Å². The monoisotopic (exact) mass is 469 g/mol. The average molecular weight is 472 g/mol. The van der Waals surface area contributed by atoms with Crippen LogP contribution < -0.4 is 5.32 Å². The van der Waals surface area contributed by atoms with Crippen LogP contribution in [0.25, 0.3) is 0 Å².